The number of nitrogens with zero attached hydrogens (tertiary/aromatic N) is 2. The van der Waals surface area contributed by atoms with E-state index in [1.807, 2.05) is 17.5 Å². The highest BCUT2D eigenvalue weighted by atomic mass is 32.1. The zero-order chi connectivity index (χ0) is 21.8. The molecule has 3 rings (SSSR count). The van der Waals surface area contributed by atoms with Crippen LogP contribution in [0.15, 0.2) is 54.2 Å². The molecule has 0 aliphatic rings. The predicted molar refractivity (Wildman–Crippen MR) is 108 cm³/mol. The molecule has 2 aromatic heterocycles. The smallest absolute Gasteiger partial charge is 0.376 e. The minimum atomic E-state index is -4.55. The van der Waals surface area contributed by atoms with Crippen LogP contribution in [0.3, 0.4) is 0 Å². The number of hydrogen-bond donors (Lipinski definition) is 2. The molecule has 30 heavy (non-hydrogen) atoms. The first kappa shape index (κ1) is 21.9. The fraction of sp³-hybridized carbons (Fsp3) is 0.286. The van der Waals surface area contributed by atoms with Crippen molar-refractivity contribution in [3.05, 3.63) is 70.3 Å². The first-order valence-electron chi connectivity index (χ1n) is 9.21. The molecule has 0 spiro atoms. The molecule has 0 aliphatic carbocycles. The zero-order valence-corrected chi connectivity index (χ0v) is 16.9. The third kappa shape index (κ3) is 5.22. The molecule has 0 aliphatic heterocycles. The lowest BCUT2D eigenvalue weighted by Gasteiger charge is -2.23. The Bertz CT molecular complexity index is 1000. The Labute approximate surface area is 175 Å². The molecule has 1 atom stereocenters. The molecule has 158 valence electrons. The Morgan fingerprint density at radius 3 is 2.57 bits per heavy atom. The van der Waals surface area contributed by atoms with Crippen molar-refractivity contribution in [1.29, 1.82) is 0 Å². The second-order valence-corrected chi connectivity index (χ2v) is 7.82. The number of alkyl halides is 3. The number of thiazole rings is 1. The van der Waals surface area contributed by atoms with E-state index in [0.29, 0.717) is 12.8 Å². The Kier molecular flexibility index (Phi) is 6.52. The van der Waals surface area contributed by atoms with Crippen LogP contribution in [0.5, 0.6) is 0 Å². The number of amides is 1. The number of rotatable bonds is 7. The van der Waals surface area contributed by atoms with E-state index < -0.39 is 23.2 Å². The maximum atomic E-state index is 12.9. The van der Waals surface area contributed by atoms with E-state index in [0.717, 1.165) is 28.4 Å². The molecule has 0 radical (unpaired) electrons. The first-order valence-corrected chi connectivity index (χ1v) is 10.1. The summed E-state index contributed by atoms with van der Waals surface area (Å²) in [6, 6.07) is 7.89. The zero-order valence-electron chi connectivity index (χ0n) is 16.1. The van der Waals surface area contributed by atoms with E-state index in [1.165, 1.54) is 30.4 Å². The topological polar surface area (TPSA) is 75.1 Å². The van der Waals surface area contributed by atoms with E-state index in [-0.39, 0.29) is 12.1 Å². The molecule has 0 fully saturated rings. The molecule has 9 heteroatoms. The Morgan fingerprint density at radius 2 is 1.87 bits per heavy atom. The fourth-order valence-electron chi connectivity index (χ4n) is 2.82. The van der Waals surface area contributed by atoms with Crippen molar-refractivity contribution in [1.82, 2.24) is 15.3 Å². The van der Waals surface area contributed by atoms with Gasteiger partial charge in [-0.05, 0) is 43.2 Å². The van der Waals surface area contributed by atoms with Gasteiger partial charge in [0, 0.05) is 36.3 Å². The van der Waals surface area contributed by atoms with E-state index in [4.69, 9.17) is 0 Å². The largest absolute Gasteiger partial charge is 0.416 e. The van der Waals surface area contributed by atoms with E-state index in [1.54, 1.807) is 12.4 Å². The van der Waals surface area contributed by atoms with E-state index >= 15 is 0 Å². The molecule has 1 unspecified atom stereocenters. The highest BCUT2D eigenvalue weighted by Gasteiger charge is 2.36. The molecular weight excluding hydrogens is 415 g/mol. The summed E-state index contributed by atoms with van der Waals surface area (Å²) >= 11 is 1.51. The molecule has 0 bridgehead atoms. The van der Waals surface area contributed by atoms with Crippen molar-refractivity contribution >= 4 is 17.2 Å². The van der Waals surface area contributed by atoms with Gasteiger partial charge in [-0.25, -0.2) is 4.98 Å². The second-order valence-electron chi connectivity index (χ2n) is 6.87. The quantitative estimate of drug-likeness (QED) is 0.546. The van der Waals surface area contributed by atoms with Crippen molar-refractivity contribution in [3.63, 3.8) is 0 Å². The molecule has 1 aromatic carbocycles. The van der Waals surface area contributed by atoms with Gasteiger partial charge in [0.15, 0.2) is 5.60 Å². The molecule has 5 nitrogen and oxygen atoms in total. The number of nitrogens with one attached hydrogen (secondary N) is 1. The van der Waals surface area contributed by atoms with Gasteiger partial charge in [-0.3, -0.25) is 9.78 Å². The van der Waals surface area contributed by atoms with Gasteiger partial charge < -0.3 is 10.4 Å². The maximum Gasteiger partial charge on any atom is 0.416 e. The average Bonchev–Trinajstić information content (AvgIpc) is 3.20. The summed E-state index contributed by atoms with van der Waals surface area (Å²) < 4.78 is 38.7. The Balaban J connectivity index is 1.54. The summed E-state index contributed by atoms with van der Waals surface area (Å²) in [5.74, 6) is -0.751. The number of aromatic nitrogens is 2. The van der Waals surface area contributed by atoms with Crippen molar-refractivity contribution in [2.45, 2.75) is 31.5 Å². The van der Waals surface area contributed by atoms with Gasteiger partial charge in [-0.1, -0.05) is 12.1 Å². The number of halogens is 3. The average molecular weight is 435 g/mol. The third-order valence-corrected chi connectivity index (χ3v) is 5.48. The summed E-state index contributed by atoms with van der Waals surface area (Å²) in [5, 5.41) is 15.9. The van der Waals surface area contributed by atoms with Gasteiger partial charge in [0.25, 0.3) is 5.91 Å². The lowest BCUT2D eigenvalue weighted by molar-refractivity contribution is -0.141. The van der Waals surface area contributed by atoms with Crippen LogP contribution in [0.4, 0.5) is 13.2 Å². The van der Waals surface area contributed by atoms with E-state index in [9.17, 15) is 23.1 Å². The molecular formula is C21H20F3N3O2S. The first-order chi connectivity index (χ1) is 14.2. The Hall–Kier alpha value is -2.78. The molecule has 1 amide bonds. The summed E-state index contributed by atoms with van der Waals surface area (Å²) in [7, 11) is 0. The molecule has 2 N–H and O–H groups in total. The number of aliphatic hydroxyl groups is 1. The number of hydrogen-bond acceptors (Lipinski definition) is 5. The van der Waals surface area contributed by atoms with Crippen LogP contribution in [-0.4, -0.2) is 27.5 Å². The van der Waals surface area contributed by atoms with Gasteiger partial charge >= 0.3 is 6.18 Å². The summed E-state index contributed by atoms with van der Waals surface area (Å²) in [6.07, 6.45) is 0.0428. The highest BCUT2D eigenvalue weighted by molar-refractivity contribution is 7.09. The molecule has 3 aromatic rings. The van der Waals surface area contributed by atoms with Crippen LogP contribution in [-0.2, 0) is 23.0 Å². The lowest BCUT2D eigenvalue weighted by Crippen LogP contribution is -2.42. The Morgan fingerprint density at radius 1 is 1.17 bits per heavy atom. The van der Waals surface area contributed by atoms with Gasteiger partial charge in [0.1, 0.15) is 0 Å². The number of pyridine rings is 1. The summed E-state index contributed by atoms with van der Waals surface area (Å²) in [6.45, 7) is 1.44. The molecule has 2 heterocycles. The fourth-order valence-corrected chi connectivity index (χ4v) is 3.67. The summed E-state index contributed by atoms with van der Waals surface area (Å²) in [5.41, 5.74) is -1.28. The number of carbonyl (C=O) groups excluding carboxylic acids is 1. The van der Waals surface area contributed by atoms with Crippen LogP contribution >= 0.6 is 11.3 Å². The standard InChI is InChI=1S/C21H20F3N3O2S/c1-20(29,15-4-2-5-16(12-15)21(22,23)24)19(28)26-9-3-6-18-27-17(13-30-18)14-7-10-25-11-8-14/h2,4-5,7-8,10-13,29H,3,6,9H2,1H3,(H,26,28). The lowest BCUT2D eigenvalue weighted by atomic mass is 9.93. The summed E-state index contributed by atoms with van der Waals surface area (Å²) in [4.78, 5) is 20.9. The molecule has 0 saturated carbocycles. The van der Waals surface area contributed by atoms with Crippen LogP contribution in [0.1, 0.15) is 29.5 Å². The van der Waals surface area contributed by atoms with Crippen LogP contribution in [0.25, 0.3) is 11.3 Å². The van der Waals surface area contributed by atoms with Crippen molar-refractivity contribution in [2.24, 2.45) is 0 Å². The van der Waals surface area contributed by atoms with Crippen molar-refractivity contribution < 1.29 is 23.1 Å². The normalized spacial score (nSPS) is 13.6. The number of aryl methyl sites for hydroxylation is 1. The van der Waals surface area contributed by atoms with Gasteiger partial charge in [-0.15, -0.1) is 11.3 Å². The minimum absolute atomic E-state index is 0.114. The third-order valence-electron chi connectivity index (χ3n) is 4.57. The van der Waals surface area contributed by atoms with Crippen LogP contribution < -0.4 is 5.32 Å². The SMILES string of the molecule is CC(O)(C(=O)NCCCc1nc(-c2ccncc2)cs1)c1cccc(C(F)(F)F)c1. The number of carbonyl (C=O) groups is 1. The van der Waals surface area contributed by atoms with Gasteiger partial charge in [0.2, 0.25) is 0 Å². The van der Waals surface area contributed by atoms with Crippen LogP contribution in [0.2, 0.25) is 0 Å². The van der Waals surface area contributed by atoms with Crippen molar-refractivity contribution in [2.75, 3.05) is 6.54 Å². The maximum absolute atomic E-state index is 12.9. The minimum Gasteiger partial charge on any atom is -0.376 e. The monoisotopic (exact) mass is 435 g/mol. The number of benzene rings is 1. The van der Waals surface area contributed by atoms with E-state index in [2.05, 4.69) is 15.3 Å². The van der Waals surface area contributed by atoms with Crippen LogP contribution in [0, 0.1) is 0 Å². The highest BCUT2D eigenvalue weighted by Crippen LogP contribution is 2.32. The molecule has 0 saturated heterocycles. The predicted octanol–water partition coefficient (Wildman–Crippen LogP) is 4.18. The second kappa shape index (κ2) is 8.93. The van der Waals surface area contributed by atoms with Gasteiger partial charge in [-0.2, -0.15) is 13.2 Å². The van der Waals surface area contributed by atoms with Gasteiger partial charge in [0.05, 0.1) is 16.3 Å². The van der Waals surface area contributed by atoms with Crippen molar-refractivity contribution in [3.8, 4) is 11.3 Å².